The van der Waals surface area contributed by atoms with Gasteiger partial charge in [0.1, 0.15) is 11.6 Å². The van der Waals surface area contributed by atoms with Gasteiger partial charge in [0.25, 0.3) is 0 Å². The number of hydrogen-bond acceptors (Lipinski definition) is 4. The SMILES string of the molecule is [B]C(CC(=O)[C@@H](N)Cc1ccccc1)CC(C)C.[B][C@H](CC(=O)[C@@H](N)Cc1ccccc1)CC(C)C.[Y].[Y]. The van der Waals surface area contributed by atoms with Crippen molar-refractivity contribution >= 4 is 27.3 Å². The Kier molecular flexibility index (Phi) is 24.0. The second kappa shape index (κ2) is 22.7. The molecule has 0 saturated carbocycles. The average Bonchev–Trinajstić information content (AvgIpc) is 2.79. The van der Waals surface area contributed by atoms with Crippen molar-refractivity contribution in [3.8, 4) is 0 Å². The van der Waals surface area contributed by atoms with Crippen LogP contribution in [0, 0.1) is 11.8 Å². The number of rotatable bonds is 14. The van der Waals surface area contributed by atoms with Gasteiger partial charge in [-0.05, 0) is 35.8 Å². The molecule has 4 N–H and O–H groups in total. The van der Waals surface area contributed by atoms with Crippen LogP contribution in [0.5, 0.6) is 0 Å². The minimum Gasteiger partial charge on any atom is -0.321 e. The van der Waals surface area contributed by atoms with Crippen molar-refractivity contribution in [1.82, 2.24) is 0 Å². The van der Waals surface area contributed by atoms with Crippen LogP contribution in [-0.4, -0.2) is 39.3 Å². The van der Waals surface area contributed by atoms with Crippen LogP contribution in [0.1, 0.15) is 64.5 Å². The van der Waals surface area contributed by atoms with Gasteiger partial charge in [0.2, 0.25) is 0 Å². The molecular formula is C30H44B2N2O2Y2. The van der Waals surface area contributed by atoms with Gasteiger partial charge < -0.3 is 11.5 Å². The van der Waals surface area contributed by atoms with Crippen molar-refractivity contribution in [2.24, 2.45) is 23.3 Å². The molecule has 0 aliphatic carbocycles. The first-order valence-corrected chi connectivity index (χ1v) is 13.1. The molecule has 0 amide bonds. The van der Waals surface area contributed by atoms with E-state index >= 15 is 0 Å². The summed E-state index contributed by atoms with van der Waals surface area (Å²) in [7, 11) is 11.9. The largest absolute Gasteiger partial charge is 0.321 e. The van der Waals surface area contributed by atoms with E-state index in [0.29, 0.717) is 37.5 Å². The molecular weight excluding hydrogens is 620 g/mol. The Morgan fingerprint density at radius 3 is 1.18 bits per heavy atom. The Hall–Kier alpha value is 0.0377. The van der Waals surface area contributed by atoms with Crippen LogP contribution in [0.15, 0.2) is 60.7 Å². The van der Waals surface area contributed by atoms with Crippen molar-refractivity contribution in [3.63, 3.8) is 0 Å². The van der Waals surface area contributed by atoms with Gasteiger partial charge in [-0.25, -0.2) is 0 Å². The van der Waals surface area contributed by atoms with Gasteiger partial charge in [-0.15, -0.1) is 0 Å². The number of Topliss-reactive ketones (excluding diaryl/α,β-unsaturated/α-hetero) is 2. The summed E-state index contributed by atoms with van der Waals surface area (Å²) < 4.78 is 0. The summed E-state index contributed by atoms with van der Waals surface area (Å²) in [6.07, 6.45) is 3.67. The minimum atomic E-state index is -0.439. The Morgan fingerprint density at radius 1 is 0.632 bits per heavy atom. The summed E-state index contributed by atoms with van der Waals surface area (Å²) in [6.45, 7) is 8.42. The van der Waals surface area contributed by atoms with Gasteiger partial charge in [-0.1, -0.05) is 113 Å². The summed E-state index contributed by atoms with van der Waals surface area (Å²) in [4.78, 5) is 23.9. The maximum absolute atomic E-state index is 11.9. The molecule has 4 atom stereocenters. The van der Waals surface area contributed by atoms with Crippen molar-refractivity contribution < 1.29 is 75.0 Å². The molecule has 0 spiro atoms. The number of ketones is 2. The van der Waals surface area contributed by atoms with Gasteiger partial charge in [0.05, 0.1) is 27.8 Å². The first-order valence-electron chi connectivity index (χ1n) is 13.1. The van der Waals surface area contributed by atoms with Crippen molar-refractivity contribution in [2.75, 3.05) is 0 Å². The van der Waals surface area contributed by atoms with Crippen LogP contribution in [-0.2, 0) is 87.8 Å². The second-order valence-corrected chi connectivity index (χ2v) is 10.7. The molecule has 2 rings (SSSR count). The molecule has 2 aromatic rings. The van der Waals surface area contributed by atoms with E-state index < -0.39 is 12.1 Å². The summed E-state index contributed by atoms with van der Waals surface area (Å²) in [5.41, 5.74) is 14.0. The zero-order valence-electron chi connectivity index (χ0n) is 23.8. The normalized spacial score (nSPS) is 13.7. The second-order valence-electron chi connectivity index (χ2n) is 10.7. The van der Waals surface area contributed by atoms with Crippen molar-refractivity contribution in [3.05, 3.63) is 71.8 Å². The van der Waals surface area contributed by atoms with Crippen LogP contribution in [0.3, 0.4) is 0 Å². The molecule has 4 nitrogen and oxygen atoms in total. The predicted molar refractivity (Wildman–Crippen MR) is 153 cm³/mol. The molecule has 0 fully saturated rings. The maximum atomic E-state index is 11.9. The van der Waals surface area contributed by atoms with Gasteiger partial charge in [-0.3, -0.25) is 9.59 Å². The third-order valence-electron chi connectivity index (χ3n) is 5.90. The average molecular weight is 664 g/mol. The minimum absolute atomic E-state index is 0. The van der Waals surface area contributed by atoms with E-state index in [1.54, 1.807) is 0 Å². The molecule has 0 aliphatic heterocycles. The Bertz CT molecular complexity index is 813. The number of benzene rings is 2. The first-order chi connectivity index (χ1) is 17.0. The molecule has 0 heterocycles. The molecule has 0 saturated heterocycles. The van der Waals surface area contributed by atoms with Crippen LogP contribution >= 0.6 is 0 Å². The zero-order valence-corrected chi connectivity index (χ0v) is 29.4. The zero-order chi connectivity index (χ0) is 27.1. The van der Waals surface area contributed by atoms with Gasteiger partial charge >= 0.3 is 0 Å². The van der Waals surface area contributed by atoms with Crippen LogP contribution in [0.4, 0.5) is 0 Å². The van der Waals surface area contributed by atoms with Crippen LogP contribution < -0.4 is 11.5 Å². The van der Waals surface area contributed by atoms with Gasteiger partial charge in [0, 0.05) is 78.3 Å². The molecule has 198 valence electrons. The van der Waals surface area contributed by atoms with E-state index in [9.17, 15) is 9.59 Å². The van der Waals surface area contributed by atoms with Crippen LogP contribution in [0.2, 0.25) is 11.6 Å². The van der Waals surface area contributed by atoms with E-state index in [2.05, 4.69) is 27.7 Å². The van der Waals surface area contributed by atoms with Crippen molar-refractivity contribution in [1.29, 1.82) is 0 Å². The predicted octanol–water partition coefficient (Wildman–Crippen LogP) is 5.03. The summed E-state index contributed by atoms with van der Waals surface area (Å²) in [5, 5.41) is 0. The Balaban J connectivity index is 0. The molecule has 0 aromatic heterocycles. The van der Waals surface area contributed by atoms with E-state index in [4.69, 9.17) is 27.2 Å². The molecule has 2 aromatic carbocycles. The molecule has 0 bridgehead atoms. The third-order valence-corrected chi connectivity index (χ3v) is 5.90. The molecule has 6 radical (unpaired) electrons. The van der Waals surface area contributed by atoms with E-state index in [1.165, 1.54) is 0 Å². The number of carbonyl (C=O) groups is 2. The molecule has 8 heteroatoms. The van der Waals surface area contributed by atoms with Gasteiger partial charge in [-0.2, -0.15) is 0 Å². The Morgan fingerprint density at radius 2 is 0.921 bits per heavy atom. The fourth-order valence-corrected chi connectivity index (χ4v) is 4.16. The fraction of sp³-hybridized carbons (Fsp3) is 0.533. The molecule has 38 heavy (non-hydrogen) atoms. The van der Waals surface area contributed by atoms with E-state index in [1.807, 2.05) is 60.7 Å². The van der Waals surface area contributed by atoms with Crippen molar-refractivity contribution in [2.45, 2.75) is 89.9 Å². The topological polar surface area (TPSA) is 86.2 Å². The summed E-state index contributed by atoms with van der Waals surface area (Å²) in [5.74, 6) is 1.01. The van der Waals surface area contributed by atoms with E-state index in [0.717, 1.165) is 24.0 Å². The Labute approximate surface area is 284 Å². The van der Waals surface area contributed by atoms with E-state index in [-0.39, 0.29) is 88.6 Å². The number of nitrogens with two attached hydrogens (primary N) is 2. The molecule has 0 aliphatic rings. The van der Waals surface area contributed by atoms with Gasteiger partial charge in [0.15, 0.2) is 0 Å². The monoisotopic (exact) mass is 664 g/mol. The maximum Gasteiger partial charge on any atom is 0.149 e. The smallest absolute Gasteiger partial charge is 0.149 e. The molecule has 1 unspecified atom stereocenters. The van der Waals surface area contributed by atoms with Crippen LogP contribution in [0.25, 0.3) is 0 Å². The number of carbonyl (C=O) groups excluding carboxylic acids is 2. The standard InChI is InChI=1S/2C15H22BNO.2Y/c2*1-11(2)8-13(16)10-15(18)14(17)9-12-6-4-3-5-7-12;;/h2*3-7,11,13-14H,8-10,17H2,1-2H3;;/t13?,14-;13-,14-;;/m00../s1. The quantitative estimate of drug-likeness (QED) is 0.278. The summed E-state index contributed by atoms with van der Waals surface area (Å²) in [6, 6.07) is 18.8. The summed E-state index contributed by atoms with van der Waals surface area (Å²) >= 11 is 0. The fourth-order valence-electron chi connectivity index (χ4n) is 4.16. The number of hydrogen-bond donors (Lipinski definition) is 2. The first kappa shape index (κ1) is 40.2. The third kappa shape index (κ3) is 19.2.